The number of hydrogen-bond acceptors (Lipinski definition) is 4. The second-order valence-corrected chi connectivity index (χ2v) is 6.97. The highest BCUT2D eigenvalue weighted by Gasteiger charge is 2.34. The van der Waals surface area contributed by atoms with E-state index in [-0.39, 0.29) is 17.7 Å². The van der Waals surface area contributed by atoms with Crippen molar-refractivity contribution in [3.63, 3.8) is 0 Å². The number of nitrogens with zero attached hydrogens (tertiary/aromatic N) is 2. The van der Waals surface area contributed by atoms with Crippen LogP contribution in [-0.2, 0) is 16.1 Å². The number of hydrogen-bond donors (Lipinski definition) is 1. The highest BCUT2D eigenvalue weighted by molar-refractivity contribution is 5.89. The first-order chi connectivity index (χ1) is 12.5. The number of likely N-dealkylation sites (tertiary alicyclic amines) is 1. The largest absolute Gasteiger partial charge is 0.497 e. The lowest BCUT2D eigenvalue weighted by Gasteiger charge is -2.18. The van der Waals surface area contributed by atoms with Gasteiger partial charge in [-0.05, 0) is 37.7 Å². The quantitative estimate of drug-likeness (QED) is 0.691. The van der Waals surface area contributed by atoms with Crippen molar-refractivity contribution in [2.45, 2.75) is 32.7 Å². The number of likely N-dealkylation sites (N-methyl/N-ethyl adjacent to an activating group) is 1. The molecule has 1 aromatic carbocycles. The van der Waals surface area contributed by atoms with E-state index >= 15 is 0 Å². The first kappa shape index (κ1) is 20.2. The molecule has 1 heterocycles. The third-order valence-corrected chi connectivity index (χ3v) is 4.80. The van der Waals surface area contributed by atoms with Gasteiger partial charge in [-0.3, -0.25) is 9.59 Å². The van der Waals surface area contributed by atoms with E-state index < -0.39 is 0 Å². The average molecular weight is 361 g/mol. The van der Waals surface area contributed by atoms with Gasteiger partial charge in [-0.2, -0.15) is 0 Å². The van der Waals surface area contributed by atoms with Crippen molar-refractivity contribution in [2.24, 2.45) is 5.92 Å². The molecular weight excluding hydrogens is 330 g/mol. The fourth-order valence-corrected chi connectivity index (χ4v) is 3.11. The summed E-state index contributed by atoms with van der Waals surface area (Å²) in [5.74, 6) is 0.574. The molecule has 0 saturated carbocycles. The van der Waals surface area contributed by atoms with Gasteiger partial charge in [0.1, 0.15) is 5.75 Å². The summed E-state index contributed by atoms with van der Waals surface area (Å²) in [5, 5.41) is 2.98. The van der Waals surface area contributed by atoms with Gasteiger partial charge in [0.05, 0.1) is 13.0 Å². The fraction of sp³-hybridized carbons (Fsp3) is 0.600. The summed E-state index contributed by atoms with van der Waals surface area (Å²) in [6.45, 7) is 5.70. The summed E-state index contributed by atoms with van der Waals surface area (Å²) in [5.41, 5.74) is 1.04. The Labute approximate surface area is 156 Å². The van der Waals surface area contributed by atoms with Gasteiger partial charge in [0.2, 0.25) is 11.8 Å². The van der Waals surface area contributed by atoms with Gasteiger partial charge in [0.15, 0.2) is 0 Å². The maximum atomic E-state index is 12.3. The van der Waals surface area contributed by atoms with E-state index in [1.807, 2.05) is 24.3 Å². The number of unbranched alkanes of at least 4 members (excludes halogenated alkanes) is 1. The second-order valence-electron chi connectivity index (χ2n) is 6.97. The Bertz CT molecular complexity index is 588. The molecule has 6 nitrogen and oxygen atoms in total. The van der Waals surface area contributed by atoms with Gasteiger partial charge < -0.3 is 19.9 Å². The van der Waals surface area contributed by atoms with Gasteiger partial charge in [-0.25, -0.2) is 0 Å². The molecule has 0 aromatic heterocycles. The molecule has 1 unspecified atom stereocenters. The van der Waals surface area contributed by atoms with Crippen molar-refractivity contribution in [1.29, 1.82) is 0 Å². The molecule has 2 rings (SSSR count). The standard InChI is InChI=1S/C20H31N3O3/c1-4-5-11-22(2)12-10-21-20(25)17-13-19(24)23(15-17)14-16-6-8-18(26-3)9-7-16/h6-9,17H,4-5,10-15H2,1-3H3,(H,21,25). The lowest BCUT2D eigenvalue weighted by atomic mass is 10.1. The molecule has 1 fully saturated rings. The van der Waals surface area contributed by atoms with E-state index in [0.29, 0.717) is 26.1 Å². The van der Waals surface area contributed by atoms with Crippen LogP contribution in [0.1, 0.15) is 31.7 Å². The minimum absolute atomic E-state index is 0.0144. The number of amides is 2. The van der Waals surface area contributed by atoms with Crippen LogP contribution in [-0.4, -0.2) is 62.0 Å². The van der Waals surface area contributed by atoms with E-state index in [1.54, 1.807) is 12.0 Å². The molecule has 1 aliphatic rings. The summed E-state index contributed by atoms with van der Waals surface area (Å²) in [4.78, 5) is 28.6. The zero-order valence-electron chi connectivity index (χ0n) is 16.2. The SMILES string of the molecule is CCCCN(C)CCNC(=O)C1CC(=O)N(Cc2ccc(OC)cc2)C1. The Balaban J connectivity index is 1.76. The third-order valence-electron chi connectivity index (χ3n) is 4.80. The smallest absolute Gasteiger partial charge is 0.225 e. The monoisotopic (exact) mass is 361 g/mol. The molecule has 0 aliphatic carbocycles. The number of rotatable bonds is 10. The number of carbonyl (C=O) groups excluding carboxylic acids is 2. The van der Waals surface area contributed by atoms with Crippen molar-refractivity contribution in [1.82, 2.24) is 15.1 Å². The molecule has 26 heavy (non-hydrogen) atoms. The fourth-order valence-electron chi connectivity index (χ4n) is 3.11. The average Bonchev–Trinajstić information content (AvgIpc) is 3.01. The summed E-state index contributed by atoms with van der Waals surface area (Å²) in [6, 6.07) is 7.67. The van der Waals surface area contributed by atoms with Crippen molar-refractivity contribution in [2.75, 3.05) is 40.3 Å². The van der Waals surface area contributed by atoms with Crippen LogP contribution in [0.25, 0.3) is 0 Å². The van der Waals surface area contributed by atoms with Crippen LogP contribution in [0.5, 0.6) is 5.75 Å². The predicted octanol–water partition coefficient (Wildman–Crippen LogP) is 1.89. The highest BCUT2D eigenvalue weighted by Crippen LogP contribution is 2.21. The van der Waals surface area contributed by atoms with Crippen LogP contribution in [0.4, 0.5) is 0 Å². The van der Waals surface area contributed by atoms with Crippen LogP contribution >= 0.6 is 0 Å². The molecule has 2 amide bonds. The zero-order chi connectivity index (χ0) is 18.9. The molecule has 0 bridgehead atoms. The summed E-state index contributed by atoms with van der Waals surface area (Å²) in [7, 11) is 3.70. The van der Waals surface area contributed by atoms with E-state index in [1.165, 1.54) is 12.8 Å². The number of methoxy groups -OCH3 is 1. The predicted molar refractivity (Wildman–Crippen MR) is 102 cm³/mol. The molecule has 1 saturated heterocycles. The lowest BCUT2D eigenvalue weighted by Crippen LogP contribution is -2.37. The van der Waals surface area contributed by atoms with Crippen molar-refractivity contribution in [3.05, 3.63) is 29.8 Å². The first-order valence-electron chi connectivity index (χ1n) is 9.40. The van der Waals surface area contributed by atoms with Crippen molar-refractivity contribution in [3.8, 4) is 5.75 Å². The maximum absolute atomic E-state index is 12.3. The Morgan fingerprint density at radius 2 is 2.04 bits per heavy atom. The number of ether oxygens (including phenoxy) is 1. The first-order valence-corrected chi connectivity index (χ1v) is 9.40. The Morgan fingerprint density at radius 3 is 2.69 bits per heavy atom. The number of benzene rings is 1. The molecule has 0 spiro atoms. The number of carbonyl (C=O) groups is 2. The summed E-state index contributed by atoms with van der Waals surface area (Å²) >= 11 is 0. The zero-order valence-corrected chi connectivity index (χ0v) is 16.2. The molecule has 1 atom stereocenters. The topological polar surface area (TPSA) is 61.9 Å². The van der Waals surface area contributed by atoms with Crippen LogP contribution in [0.15, 0.2) is 24.3 Å². The van der Waals surface area contributed by atoms with Crippen molar-refractivity contribution >= 4 is 11.8 Å². The minimum atomic E-state index is -0.248. The van der Waals surface area contributed by atoms with E-state index in [0.717, 1.165) is 24.4 Å². The molecule has 1 N–H and O–H groups in total. The molecule has 144 valence electrons. The van der Waals surface area contributed by atoms with Crippen LogP contribution in [0.3, 0.4) is 0 Å². The van der Waals surface area contributed by atoms with Gasteiger partial charge >= 0.3 is 0 Å². The van der Waals surface area contributed by atoms with Crippen molar-refractivity contribution < 1.29 is 14.3 Å². The summed E-state index contributed by atoms with van der Waals surface area (Å²) < 4.78 is 5.15. The van der Waals surface area contributed by atoms with E-state index in [2.05, 4.69) is 24.2 Å². The van der Waals surface area contributed by atoms with Gasteiger partial charge in [-0.1, -0.05) is 25.5 Å². The number of nitrogens with one attached hydrogen (secondary N) is 1. The Hall–Kier alpha value is -2.08. The molecule has 0 radical (unpaired) electrons. The minimum Gasteiger partial charge on any atom is -0.497 e. The van der Waals surface area contributed by atoms with Crippen LogP contribution in [0.2, 0.25) is 0 Å². The van der Waals surface area contributed by atoms with Crippen LogP contribution in [0, 0.1) is 5.92 Å². The Morgan fingerprint density at radius 1 is 1.31 bits per heavy atom. The normalized spacial score (nSPS) is 17.0. The van der Waals surface area contributed by atoms with Gasteiger partial charge in [0, 0.05) is 32.6 Å². The molecular formula is C20H31N3O3. The molecule has 1 aromatic rings. The molecule has 1 aliphatic heterocycles. The van der Waals surface area contributed by atoms with Crippen LogP contribution < -0.4 is 10.1 Å². The van der Waals surface area contributed by atoms with E-state index in [9.17, 15) is 9.59 Å². The Kier molecular flexibility index (Phi) is 7.91. The maximum Gasteiger partial charge on any atom is 0.225 e. The van der Waals surface area contributed by atoms with E-state index in [4.69, 9.17) is 4.74 Å². The second kappa shape index (κ2) is 10.2. The third kappa shape index (κ3) is 6.02. The molecule has 6 heteroatoms. The lowest BCUT2D eigenvalue weighted by molar-refractivity contribution is -0.129. The summed E-state index contributed by atoms with van der Waals surface area (Å²) in [6.07, 6.45) is 2.64. The highest BCUT2D eigenvalue weighted by atomic mass is 16.5. The van der Waals surface area contributed by atoms with Gasteiger partial charge in [-0.15, -0.1) is 0 Å². The van der Waals surface area contributed by atoms with Gasteiger partial charge in [0.25, 0.3) is 0 Å².